The smallest absolute Gasteiger partial charge is 0.251 e. The minimum absolute atomic E-state index is 0.142. The van der Waals surface area contributed by atoms with Gasteiger partial charge in [0.2, 0.25) is 11.7 Å². The van der Waals surface area contributed by atoms with Crippen LogP contribution in [-0.2, 0) is 19.4 Å². The molecule has 0 saturated carbocycles. The Kier molecular flexibility index (Phi) is 6.20. The number of aryl methyl sites for hydroxylation is 2. The number of carbonyl (C=O) groups is 1. The largest absolute Gasteiger partial charge is 0.343 e. The lowest BCUT2D eigenvalue weighted by atomic mass is 9.99. The molecule has 1 heterocycles. The first-order chi connectivity index (χ1) is 14.7. The average molecular weight is 418 g/mol. The van der Waals surface area contributed by atoms with Gasteiger partial charge < -0.3 is 9.84 Å². The minimum Gasteiger partial charge on any atom is -0.343 e. The Morgan fingerprint density at radius 3 is 2.47 bits per heavy atom. The van der Waals surface area contributed by atoms with Crippen molar-refractivity contribution in [3.05, 3.63) is 106 Å². The van der Waals surface area contributed by atoms with Crippen LogP contribution in [0.5, 0.6) is 0 Å². The fourth-order valence-corrected chi connectivity index (χ4v) is 3.43. The second-order valence-corrected chi connectivity index (χ2v) is 7.22. The highest BCUT2D eigenvalue weighted by Gasteiger charge is 2.14. The van der Waals surface area contributed by atoms with Gasteiger partial charge in [0.1, 0.15) is 0 Å². The van der Waals surface area contributed by atoms with Crippen molar-refractivity contribution in [2.75, 3.05) is 0 Å². The van der Waals surface area contributed by atoms with Crippen molar-refractivity contribution in [2.24, 2.45) is 0 Å². The zero-order valence-corrected chi connectivity index (χ0v) is 17.0. The van der Waals surface area contributed by atoms with Crippen LogP contribution in [-0.4, -0.2) is 16.0 Å². The fraction of sp³-hybridized carbons (Fsp3) is 0.125. The molecule has 6 heteroatoms. The highest BCUT2D eigenvalue weighted by Crippen LogP contribution is 2.24. The molecule has 0 radical (unpaired) electrons. The van der Waals surface area contributed by atoms with Crippen molar-refractivity contribution < 1.29 is 9.32 Å². The van der Waals surface area contributed by atoms with Crippen LogP contribution in [0.4, 0.5) is 0 Å². The van der Waals surface area contributed by atoms with E-state index in [9.17, 15) is 4.79 Å². The van der Waals surface area contributed by atoms with E-state index in [0.29, 0.717) is 27.9 Å². The predicted molar refractivity (Wildman–Crippen MR) is 116 cm³/mol. The van der Waals surface area contributed by atoms with Crippen molar-refractivity contribution in [2.45, 2.75) is 19.4 Å². The van der Waals surface area contributed by atoms with Crippen LogP contribution >= 0.6 is 11.6 Å². The van der Waals surface area contributed by atoms with Crippen LogP contribution in [0.2, 0.25) is 5.02 Å². The number of nitrogens with zero attached hydrogens (tertiary/aromatic N) is 2. The van der Waals surface area contributed by atoms with Gasteiger partial charge in [-0.3, -0.25) is 4.79 Å². The molecule has 0 saturated heterocycles. The van der Waals surface area contributed by atoms with Crippen LogP contribution in [0, 0.1) is 0 Å². The van der Waals surface area contributed by atoms with E-state index in [1.807, 2.05) is 60.7 Å². The molecule has 0 unspecified atom stereocenters. The zero-order valence-electron chi connectivity index (χ0n) is 16.2. The first kappa shape index (κ1) is 19.9. The Bertz CT molecular complexity index is 1140. The molecule has 0 spiro atoms. The van der Waals surface area contributed by atoms with Crippen LogP contribution in [0.3, 0.4) is 0 Å². The molecular weight excluding hydrogens is 398 g/mol. The van der Waals surface area contributed by atoms with E-state index in [1.54, 1.807) is 6.07 Å². The van der Waals surface area contributed by atoms with Crippen LogP contribution in [0.15, 0.2) is 83.4 Å². The number of rotatable bonds is 7. The summed E-state index contributed by atoms with van der Waals surface area (Å²) in [5.41, 5.74) is 3.58. The molecule has 0 fully saturated rings. The summed E-state index contributed by atoms with van der Waals surface area (Å²) in [6, 6.07) is 25.1. The third kappa shape index (κ3) is 4.75. The lowest BCUT2D eigenvalue weighted by Gasteiger charge is -2.09. The molecule has 150 valence electrons. The maximum atomic E-state index is 12.8. The number of amides is 1. The predicted octanol–water partition coefficient (Wildman–Crippen LogP) is 5.11. The summed E-state index contributed by atoms with van der Waals surface area (Å²) >= 11 is 6.18. The lowest BCUT2D eigenvalue weighted by Crippen LogP contribution is -2.24. The molecule has 4 rings (SSSR count). The summed E-state index contributed by atoms with van der Waals surface area (Å²) in [6.07, 6.45) is 1.65. The second-order valence-electron chi connectivity index (χ2n) is 6.82. The third-order valence-electron chi connectivity index (χ3n) is 4.77. The van der Waals surface area contributed by atoms with Crippen molar-refractivity contribution in [3.63, 3.8) is 0 Å². The van der Waals surface area contributed by atoms with Crippen molar-refractivity contribution >= 4 is 17.5 Å². The Labute approximate surface area is 179 Å². The van der Waals surface area contributed by atoms with Gasteiger partial charge in [-0.15, -0.1) is 0 Å². The average Bonchev–Trinajstić information content (AvgIpc) is 3.26. The van der Waals surface area contributed by atoms with Gasteiger partial charge in [0.05, 0.1) is 11.6 Å². The van der Waals surface area contributed by atoms with Gasteiger partial charge in [-0.25, -0.2) is 0 Å². The SMILES string of the molecule is O=C(NCc1nc(-c2ccccc2Cl)no1)c1ccccc1CCc1ccccc1. The summed E-state index contributed by atoms with van der Waals surface area (Å²) in [7, 11) is 0. The Balaban J connectivity index is 1.41. The van der Waals surface area contributed by atoms with Gasteiger partial charge in [0.25, 0.3) is 5.91 Å². The van der Waals surface area contributed by atoms with Gasteiger partial charge in [-0.05, 0) is 42.2 Å². The van der Waals surface area contributed by atoms with Crippen LogP contribution < -0.4 is 5.32 Å². The molecule has 4 aromatic rings. The summed E-state index contributed by atoms with van der Waals surface area (Å²) in [5.74, 6) is 0.546. The van der Waals surface area contributed by atoms with Gasteiger partial charge in [0, 0.05) is 11.1 Å². The van der Waals surface area contributed by atoms with E-state index >= 15 is 0 Å². The molecule has 1 N–H and O–H groups in total. The van der Waals surface area contributed by atoms with Crippen LogP contribution in [0.1, 0.15) is 27.4 Å². The lowest BCUT2D eigenvalue weighted by molar-refractivity contribution is 0.0945. The van der Waals surface area contributed by atoms with E-state index in [4.69, 9.17) is 16.1 Å². The van der Waals surface area contributed by atoms with Crippen molar-refractivity contribution in [3.8, 4) is 11.4 Å². The Morgan fingerprint density at radius 1 is 0.900 bits per heavy atom. The standard InChI is InChI=1S/C24H20ClN3O2/c25-21-13-7-6-12-20(21)23-27-22(30-28-23)16-26-24(29)19-11-5-4-10-18(19)15-14-17-8-2-1-3-9-17/h1-13H,14-16H2,(H,26,29). The fourth-order valence-electron chi connectivity index (χ4n) is 3.21. The molecule has 0 aliphatic rings. The topological polar surface area (TPSA) is 68.0 Å². The molecule has 0 atom stereocenters. The van der Waals surface area contributed by atoms with E-state index in [0.717, 1.165) is 18.4 Å². The number of hydrogen-bond acceptors (Lipinski definition) is 4. The summed E-state index contributed by atoms with van der Waals surface area (Å²) in [6.45, 7) is 0.142. The van der Waals surface area contributed by atoms with Gasteiger partial charge in [-0.1, -0.05) is 77.4 Å². The number of hydrogen-bond donors (Lipinski definition) is 1. The van der Waals surface area contributed by atoms with E-state index in [2.05, 4.69) is 27.6 Å². The highest BCUT2D eigenvalue weighted by molar-refractivity contribution is 6.33. The molecule has 1 aromatic heterocycles. The van der Waals surface area contributed by atoms with Gasteiger partial charge in [-0.2, -0.15) is 4.98 Å². The maximum absolute atomic E-state index is 12.8. The summed E-state index contributed by atoms with van der Waals surface area (Å²) in [4.78, 5) is 17.1. The van der Waals surface area contributed by atoms with E-state index in [-0.39, 0.29) is 12.5 Å². The first-order valence-corrected chi connectivity index (χ1v) is 10.1. The molecule has 0 aliphatic carbocycles. The maximum Gasteiger partial charge on any atom is 0.251 e. The number of aromatic nitrogens is 2. The van der Waals surface area contributed by atoms with Gasteiger partial charge in [0.15, 0.2) is 0 Å². The molecular formula is C24H20ClN3O2. The second kappa shape index (κ2) is 9.37. The summed E-state index contributed by atoms with van der Waals surface area (Å²) in [5, 5.41) is 7.36. The minimum atomic E-state index is -0.170. The third-order valence-corrected chi connectivity index (χ3v) is 5.10. The normalized spacial score (nSPS) is 10.7. The number of carbonyl (C=O) groups excluding carboxylic acids is 1. The zero-order chi connectivity index (χ0) is 20.8. The quantitative estimate of drug-likeness (QED) is 0.454. The molecule has 3 aromatic carbocycles. The summed E-state index contributed by atoms with van der Waals surface area (Å²) < 4.78 is 5.26. The van der Waals surface area contributed by atoms with Crippen molar-refractivity contribution in [1.82, 2.24) is 15.5 Å². The van der Waals surface area contributed by atoms with E-state index in [1.165, 1.54) is 5.56 Å². The number of nitrogens with one attached hydrogen (secondary N) is 1. The van der Waals surface area contributed by atoms with E-state index < -0.39 is 0 Å². The molecule has 5 nitrogen and oxygen atoms in total. The molecule has 0 bridgehead atoms. The molecule has 1 amide bonds. The Morgan fingerprint density at radius 2 is 1.63 bits per heavy atom. The highest BCUT2D eigenvalue weighted by atomic mass is 35.5. The Hall–Kier alpha value is -3.44. The monoisotopic (exact) mass is 417 g/mol. The first-order valence-electron chi connectivity index (χ1n) is 9.68. The van der Waals surface area contributed by atoms with Crippen LogP contribution in [0.25, 0.3) is 11.4 Å². The number of halogens is 1. The number of benzene rings is 3. The van der Waals surface area contributed by atoms with Crippen molar-refractivity contribution in [1.29, 1.82) is 0 Å². The van der Waals surface area contributed by atoms with Gasteiger partial charge >= 0.3 is 0 Å². The molecule has 30 heavy (non-hydrogen) atoms. The molecule has 0 aliphatic heterocycles.